The summed E-state index contributed by atoms with van der Waals surface area (Å²) in [6.45, 7) is 4.22. The summed E-state index contributed by atoms with van der Waals surface area (Å²) in [6, 6.07) is 4.67. The van der Waals surface area contributed by atoms with Crippen molar-refractivity contribution < 1.29 is 0 Å². The second-order valence-corrected chi connectivity index (χ2v) is 4.96. The summed E-state index contributed by atoms with van der Waals surface area (Å²) >= 11 is 0. The molecule has 0 bridgehead atoms. The van der Waals surface area contributed by atoms with E-state index in [2.05, 4.69) is 16.8 Å². The van der Waals surface area contributed by atoms with Gasteiger partial charge in [0.15, 0.2) is 0 Å². The number of aromatic nitrogens is 1. The average Bonchev–Trinajstić information content (AvgIpc) is 2.90. The summed E-state index contributed by atoms with van der Waals surface area (Å²) in [6.07, 6.45) is 7.10. The van der Waals surface area contributed by atoms with Crippen LogP contribution < -0.4 is 5.73 Å². The minimum absolute atomic E-state index is 0.0424. The van der Waals surface area contributed by atoms with Crippen molar-refractivity contribution in [2.45, 2.75) is 45.2 Å². The van der Waals surface area contributed by atoms with Gasteiger partial charge in [0.2, 0.25) is 0 Å². The van der Waals surface area contributed by atoms with E-state index in [9.17, 15) is 0 Å². The molecule has 2 rings (SSSR count). The number of hydrogen-bond donors (Lipinski definition) is 2. The van der Waals surface area contributed by atoms with Crippen LogP contribution in [0, 0.1) is 5.41 Å². The Bertz CT molecular complexity index is 410. The van der Waals surface area contributed by atoms with Gasteiger partial charge in [-0.3, -0.25) is 15.3 Å². The first-order chi connectivity index (χ1) is 8.70. The van der Waals surface area contributed by atoms with E-state index in [-0.39, 0.29) is 5.84 Å². The van der Waals surface area contributed by atoms with Gasteiger partial charge in [0, 0.05) is 18.8 Å². The van der Waals surface area contributed by atoms with E-state index < -0.39 is 0 Å². The molecule has 1 aromatic heterocycles. The summed E-state index contributed by atoms with van der Waals surface area (Å²) in [5.41, 5.74) is 7.25. The first-order valence-corrected chi connectivity index (χ1v) is 6.74. The number of nitrogen functional groups attached to an aromatic ring is 1. The predicted octanol–water partition coefficient (Wildman–Crippen LogP) is 2.13. The van der Waals surface area contributed by atoms with Crippen LogP contribution in [0.4, 0.5) is 0 Å². The van der Waals surface area contributed by atoms with Crippen LogP contribution in [0.3, 0.4) is 0 Å². The van der Waals surface area contributed by atoms with Crippen LogP contribution in [0.25, 0.3) is 0 Å². The Morgan fingerprint density at radius 2 is 2.22 bits per heavy atom. The monoisotopic (exact) mass is 246 g/mol. The van der Waals surface area contributed by atoms with Gasteiger partial charge in [0.05, 0.1) is 0 Å². The van der Waals surface area contributed by atoms with Crippen molar-refractivity contribution in [3.63, 3.8) is 0 Å². The molecule has 0 saturated heterocycles. The highest BCUT2D eigenvalue weighted by atomic mass is 15.1. The van der Waals surface area contributed by atoms with Gasteiger partial charge in [-0.2, -0.15) is 0 Å². The van der Waals surface area contributed by atoms with Crippen molar-refractivity contribution >= 4 is 5.84 Å². The maximum atomic E-state index is 7.43. The SMILES string of the molecule is CCN(Cc1ccnc(C(=N)N)c1)C1CCCC1. The Kier molecular flexibility index (Phi) is 4.31. The minimum atomic E-state index is 0.0424. The highest BCUT2D eigenvalue weighted by Crippen LogP contribution is 2.24. The zero-order valence-corrected chi connectivity index (χ0v) is 11.0. The van der Waals surface area contributed by atoms with Crippen LogP contribution in [-0.2, 0) is 6.54 Å². The molecule has 0 amide bonds. The summed E-state index contributed by atoms with van der Waals surface area (Å²) < 4.78 is 0. The molecule has 1 saturated carbocycles. The van der Waals surface area contributed by atoms with Gasteiger partial charge in [-0.05, 0) is 37.1 Å². The maximum absolute atomic E-state index is 7.43. The molecule has 0 spiro atoms. The molecule has 1 heterocycles. The number of nitrogens with one attached hydrogen (secondary N) is 1. The van der Waals surface area contributed by atoms with Gasteiger partial charge in [-0.25, -0.2) is 0 Å². The van der Waals surface area contributed by atoms with Crippen molar-refractivity contribution in [3.8, 4) is 0 Å². The third-order valence-electron chi connectivity index (χ3n) is 3.73. The minimum Gasteiger partial charge on any atom is -0.382 e. The molecule has 0 radical (unpaired) electrons. The van der Waals surface area contributed by atoms with E-state index in [4.69, 9.17) is 11.1 Å². The van der Waals surface area contributed by atoms with Gasteiger partial charge in [0.1, 0.15) is 11.5 Å². The average molecular weight is 246 g/mol. The lowest BCUT2D eigenvalue weighted by atomic mass is 10.1. The lowest BCUT2D eigenvalue weighted by molar-refractivity contribution is 0.200. The number of nitrogens with two attached hydrogens (primary N) is 1. The molecule has 1 aliphatic rings. The molecule has 0 atom stereocenters. The molecule has 98 valence electrons. The van der Waals surface area contributed by atoms with Gasteiger partial charge in [-0.15, -0.1) is 0 Å². The van der Waals surface area contributed by atoms with E-state index in [1.165, 1.54) is 31.2 Å². The molecule has 3 N–H and O–H groups in total. The number of nitrogens with zero attached hydrogens (tertiary/aromatic N) is 2. The third kappa shape index (κ3) is 3.07. The lowest BCUT2D eigenvalue weighted by Crippen LogP contribution is -2.32. The van der Waals surface area contributed by atoms with E-state index >= 15 is 0 Å². The van der Waals surface area contributed by atoms with Crippen LogP contribution in [0.1, 0.15) is 43.9 Å². The lowest BCUT2D eigenvalue weighted by Gasteiger charge is -2.27. The molecule has 0 aliphatic heterocycles. The fraction of sp³-hybridized carbons (Fsp3) is 0.571. The molecule has 4 heteroatoms. The standard InChI is InChI=1S/C14H22N4/c1-2-18(12-5-3-4-6-12)10-11-7-8-17-13(9-11)14(15)16/h7-9,12H,2-6,10H2,1H3,(H3,15,16). The number of hydrogen-bond acceptors (Lipinski definition) is 3. The summed E-state index contributed by atoms with van der Waals surface area (Å²) in [4.78, 5) is 6.62. The first-order valence-electron chi connectivity index (χ1n) is 6.74. The van der Waals surface area contributed by atoms with E-state index in [1.807, 2.05) is 12.1 Å². The zero-order valence-electron chi connectivity index (χ0n) is 11.0. The van der Waals surface area contributed by atoms with Crippen LogP contribution in [0.15, 0.2) is 18.3 Å². The second-order valence-electron chi connectivity index (χ2n) is 4.96. The normalized spacial score (nSPS) is 16.3. The first kappa shape index (κ1) is 13.0. The van der Waals surface area contributed by atoms with E-state index in [0.29, 0.717) is 5.69 Å². The van der Waals surface area contributed by atoms with Gasteiger partial charge in [-0.1, -0.05) is 19.8 Å². The molecule has 1 aliphatic carbocycles. The molecular weight excluding hydrogens is 224 g/mol. The van der Waals surface area contributed by atoms with Crippen molar-refractivity contribution in [3.05, 3.63) is 29.6 Å². The van der Waals surface area contributed by atoms with Crippen LogP contribution in [0.5, 0.6) is 0 Å². The highest BCUT2D eigenvalue weighted by Gasteiger charge is 2.21. The Labute approximate surface area is 109 Å². The molecule has 0 aromatic carbocycles. The van der Waals surface area contributed by atoms with Gasteiger partial charge >= 0.3 is 0 Å². The topological polar surface area (TPSA) is 66.0 Å². The Hall–Kier alpha value is -1.42. The Morgan fingerprint density at radius 3 is 2.83 bits per heavy atom. The molecule has 0 unspecified atom stereocenters. The van der Waals surface area contributed by atoms with Crippen molar-refractivity contribution in [2.24, 2.45) is 5.73 Å². The molecule has 1 aromatic rings. The highest BCUT2D eigenvalue weighted by molar-refractivity contribution is 5.93. The number of amidine groups is 1. The van der Waals surface area contributed by atoms with Crippen LogP contribution in [0.2, 0.25) is 0 Å². The Morgan fingerprint density at radius 1 is 1.50 bits per heavy atom. The predicted molar refractivity (Wildman–Crippen MR) is 73.6 cm³/mol. The summed E-state index contributed by atoms with van der Waals surface area (Å²) in [5.74, 6) is 0.0424. The van der Waals surface area contributed by atoms with Gasteiger partial charge < -0.3 is 5.73 Å². The van der Waals surface area contributed by atoms with Crippen molar-refractivity contribution in [1.29, 1.82) is 5.41 Å². The molecule has 18 heavy (non-hydrogen) atoms. The smallest absolute Gasteiger partial charge is 0.141 e. The van der Waals surface area contributed by atoms with Gasteiger partial charge in [0.25, 0.3) is 0 Å². The quantitative estimate of drug-likeness (QED) is 0.618. The van der Waals surface area contributed by atoms with Crippen LogP contribution >= 0.6 is 0 Å². The second kappa shape index (κ2) is 5.96. The largest absolute Gasteiger partial charge is 0.382 e. The van der Waals surface area contributed by atoms with E-state index in [1.54, 1.807) is 6.20 Å². The number of pyridine rings is 1. The fourth-order valence-electron chi connectivity index (χ4n) is 2.72. The summed E-state index contributed by atoms with van der Waals surface area (Å²) in [7, 11) is 0. The number of rotatable bonds is 5. The molecule has 1 fully saturated rings. The van der Waals surface area contributed by atoms with Crippen molar-refractivity contribution in [1.82, 2.24) is 9.88 Å². The molecule has 4 nitrogen and oxygen atoms in total. The maximum Gasteiger partial charge on any atom is 0.141 e. The Balaban J connectivity index is 2.06. The zero-order chi connectivity index (χ0) is 13.0. The fourth-order valence-corrected chi connectivity index (χ4v) is 2.72. The van der Waals surface area contributed by atoms with Crippen molar-refractivity contribution in [2.75, 3.05) is 6.54 Å². The van der Waals surface area contributed by atoms with E-state index in [0.717, 1.165) is 19.1 Å². The molecular formula is C14H22N4. The summed E-state index contributed by atoms with van der Waals surface area (Å²) in [5, 5.41) is 7.43. The van der Waals surface area contributed by atoms with Crippen LogP contribution in [-0.4, -0.2) is 28.3 Å². The third-order valence-corrected chi connectivity index (χ3v) is 3.73.